The summed E-state index contributed by atoms with van der Waals surface area (Å²) in [6, 6.07) is 7.04. The van der Waals surface area contributed by atoms with Gasteiger partial charge in [-0.05, 0) is 42.8 Å². The highest BCUT2D eigenvalue weighted by Crippen LogP contribution is 2.39. The first kappa shape index (κ1) is 17.4. The maximum atomic E-state index is 11.6. The molecule has 0 aliphatic carbocycles. The molecule has 0 N–H and O–H groups in total. The topological polar surface area (TPSA) is 43.4 Å². The Morgan fingerprint density at radius 2 is 1.75 bits per heavy atom. The SMILES string of the molecule is CC(O[Si](C)(C)C(C)(C)C)c1cccc(S(C)(=O)=O)c1. The third-order valence-electron chi connectivity index (χ3n) is 4.03. The lowest BCUT2D eigenvalue weighted by atomic mass is 10.1. The van der Waals surface area contributed by atoms with E-state index in [4.69, 9.17) is 4.43 Å². The van der Waals surface area contributed by atoms with Crippen LogP contribution in [0.25, 0.3) is 0 Å². The predicted octanol–water partition coefficient (Wildman–Crippen LogP) is 4.17. The summed E-state index contributed by atoms with van der Waals surface area (Å²) in [5.74, 6) is 0. The van der Waals surface area contributed by atoms with Crippen LogP contribution in [0.2, 0.25) is 18.1 Å². The molecule has 20 heavy (non-hydrogen) atoms. The van der Waals surface area contributed by atoms with E-state index in [0.29, 0.717) is 4.90 Å². The van der Waals surface area contributed by atoms with E-state index in [-0.39, 0.29) is 11.1 Å². The van der Waals surface area contributed by atoms with Gasteiger partial charge in [-0.3, -0.25) is 0 Å². The fourth-order valence-corrected chi connectivity index (χ4v) is 3.73. The van der Waals surface area contributed by atoms with Crippen LogP contribution in [0, 0.1) is 0 Å². The minimum atomic E-state index is -3.18. The molecule has 3 nitrogen and oxygen atoms in total. The Labute approximate surface area is 124 Å². The highest BCUT2D eigenvalue weighted by atomic mass is 32.2. The number of hydrogen-bond acceptors (Lipinski definition) is 3. The summed E-state index contributed by atoms with van der Waals surface area (Å²) in [6.45, 7) is 13.0. The van der Waals surface area contributed by atoms with Crippen LogP contribution in [-0.4, -0.2) is 23.0 Å². The molecule has 0 aromatic heterocycles. The van der Waals surface area contributed by atoms with Gasteiger partial charge in [0, 0.05) is 6.26 Å². The molecule has 5 heteroatoms. The Kier molecular flexibility index (Phi) is 4.89. The molecule has 1 aromatic rings. The molecule has 0 saturated heterocycles. The van der Waals surface area contributed by atoms with E-state index in [9.17, 15) is 8.42 Å². The summed E-state index contributed by atoms with van der Waals surface area (Å²) in [5, 5.41) is 0.135. The Bertz CT molecular complexity index is 571. The normalized spacial score (nSPS) is 15.2. The average Bonchev–Trinajstić information content (AvgIpc) is 2.26. The van der Waals surface area contributed by atoms with Crippen LogP contribution in [0.3, 0.4) is 0 Å². The lowest BCUT2D eigenvalue weighted by molar-refractivity contribution is 0.203. The summed E-state index contributed by atoms with van der Waals surface area (Å²) < 4.78 is 29.5. The van der Waals surface area contributed by atoms with Crippen LogP contribution >= 0.6 is 0 Å². The zero-order chi connectivity index (χ0) is 15.8. The molecule has 0 aliphatic rings. The van der Waals surface area contributed by atoms with Crippen LogP contribution < -0.4 is 0 Å². The van der Waals surface area contributed by atoms with Crippen LogP contribution in [0.15, 0.2) is 29.2 Å². The Hall–Kier alpha value is -0.653. The van der Waals surface area contributed by atoms with Gasteiger partial charge in [-0.15, -0.1) is 0 Å². The van der Waals surface area contributed by atoms with E-state index in [2.05, 4.69) is 33.9 Å². The molecule has 0 spiro atoms. The van der Waals surface area contributed by atoms with Gasteiger partial charge in [0.1, 0.15) is 0 Å². The second kappa shape index (κ2) is 5.62. The van der Waals surface area contributed by atoms with Gasteiger partial charge >= 0.3 is 0 Å². The van der Waals surface area contributed by atoms with Gasteiger partial charge in [0.05, 0.1) is 11.0 Å². The van der Waals surface area contributed by atoms with Crippen molar-refractivity contribution < 1.29 is 12.8 Å². The second-order valence-electron chi connectivity index (χ2n) is 6.87. The predicted molar refractivity (Wildman–Crippen MR) is 86.2 cm³/mol. The maximum Gasteiger partial charge on any atom is 0.192 e. The number of rotatable bonds is 4. The molecule has 0 radical (unpaired) electrons. The summed E-state index contributed by atoms with van der Waals surface area (Å²) in [6.07, 6.45) is 1.13. The maximum absolute atomic E-state index is 11.6. The molecule has 1 aromatic carbocycles. The number of sulfone groups is 1. The van der Waals surface area contributed by atoms with Gasteiger partial charge in [-0.25, -0.2) is 8.42 Å². The van der Waals surface area contributed by atoms with E-state index < -0.39 is 18.2 Å². The average molecular weight is 315 g/mol. The number of hydrogen-bond donors (Lipinski definition) is 0. The summed E-state index contributed by atoms with van der Waals surface area (Å²) in [4.78, 5) is 0.348. The Balaban J connectivity index is 3.03. The lowest BCUT2D eigenvalue weighted by Crippen LogP contribution is -2.41. The van der Waals surface area contributed by atoms with Gasteiger partial charge in [-0.1, -0.05) is 32.9 Å². The molecular weight excluding hydrogens is 288 g/mol. The zero-order valence-electron chi connectivity index (χ0n) is 13.5. The largest absolute Gasteiger partial charge is 0.410 e. The van der Waals surface area contributed by atoms with E-state index in [1.165, 1.54) is 6.26 Å². The molecule has 0 bridgehead atoms. The molecule has 0 aliphatic heterocycles. The van der Waals surface area contributed by atoms with Crippen LogP contribution in [0.1, 0.15) is 39.4 Å². The molecule has 1 rings (SSSR count). The fraction of sp³-hybridized carbons (Fsp3) is 0.600. The third kappa shape index (κ3) is 4.17. The lowest BCUT2D eigenvalue weighted by Gasteiger charge is -2.38. The van der Waals surface area contributed by atoms with Crippen molar-refractivity contribution in [1.29, 1.82) is 0 Å². The zero-order valence-corrected chi connectivity index (χ0v) is 15.3. The highest BCUT2D eigenvalue weighted by Gasteiger charge is 2.38. The Morgan fingerprint density at radius 3 is 2.20 bits per heavy atom. The first-order valence-corrected chi connectivity index (χ1v) is 11.6. The minimum absolute atomic E-state index is 0.0995. The first-order chi connectivity index (χ1) is 8.84. The van der Waals surface area contributed by atoms with Crippen LogP contribution in [0.4, 0.5) is 0 Å². The quantitative estimate of drug-likeness (QED) is 0.783. The fourth-order valence-electron chi connectivity index (χ4n) is 1.68. The molecule has 0 amide bonds. The Morgan fingerprint density at radius 1 is 1.20 bits per heavy atom. The van der Waals surface area contributed by atoms with Crippen molar-refractivity contribution in [3.8, 4) is 0 Å². The molecular formula is C15H26O3SSi. The number of benzene rings is 1. The van der Waals surface area contributed by atoms with Crippen molar-refractivity contribution in [3.63, 3.8) is 0 Å². The van der Waals surface area contributed by atoms with Crippen molar-refractivity contribution in [1.82, 2.24) is 0 Å². The minimum Gasteiger partial charge on any atom is -0.410 e. The molecule has 1 unspecified atom stereocenters. The van der Waals surface area contributed by atoms with Crippen molar-refractivity contribution in [2.45, 2.75) is 56.8 Å². The van der Waals surface area contributed by atoms with E-state index in [1.807, 2.05) is 13.0 Å². The van der Waals surface area contributed by atoms with Crippen LogP contribution in [0.5, 0.6) is 0 Å². The monoisotopic (exact) mass is 314 g/mol. The van der Waals surface area contributed by atoms with E-state index in [1.54, 1.807) is 18.2 Å². The van der Waals surface area contributed by atoms with Crippen LogP contribution in [-0.2, 0) is 14.3 Å². The summed E-state index contributed by atoms with van der Waals surface area (Å²) in [5.41, 5.74) is 0.915. The molecule has 0 saturated carbocycles. The second-order valence-corrected chi connectivity index (χ2v) is 13.6. The van der Waals surface area contributed by atoms with E-state index in [0.717, 1.165) is 5.56 Å². The molecule has 0 fully saturated rings. The molecule has 114 valence electrons. The molecule has 1 atom stereocenters. The molecule has 0 heterocycles. The third-order valence-corrected chi connectivity index (χ3v) is 9.70. The van der Waals surface area contributed by atoms with Gasteiger partial charge in [-0.2, -0.15) is 0 Å². The van der Waals surface area contributed by atoms with Crippen molar-refractivity contribution >= 4 is 18.2 Å². The highest BCUT2D eigenvalue weighted by molar-refractivity contribution is 7.90. The van der Waals surface area contributed by atoms with Crippen molar-refractivity contribution in [3.05, 3.63) is 29.8 Å². The van der Waals surface area contributed by atoms with Gasteiger partial charge in [0.2, 0.25) is 0 Å². The van der Waals surface area contributed by atoms with Crippen molar-refractivity contribution in [2.75, 3.05) is 6.26 Å². The summed E-state index contributed by atoms with van der Waals surface area (Å²) in [7, 11) is -5.04. The standard InChI is InChI=1S/C15H26O3SSi/c1-12(18-20(6,7)15(2,3)4)13-9-8-10-14(11-13)19(5,16)17/h8-12H,1-7H3. The van der Waals surface area contributed by atoms with Gasteiger partial charge < -0.3 is 4.43 Å². The van der Waals surface area contributed by atoms with Crippen molar-refractivity contribution in [2.24, 2.45) is 0 Å². The smallest absolute Gasteiger partial charge is 0.192 e. The van der Waals surface area contributed by atoms with Gasteiger partial charge in [0.25, 0.3) is 0 Å². The van der Waals surface area contributed by atoms with Gasteiger partial charge in [0.15, 0.2) is 18.2 Å². The van der Waals surface area contributed by atoms with E-state index >= 15 is 0 Å². The summed E-state index contributed by atoms with van der Waals surface area (Å²) >= 11 is 0. The first-order valence-electron chi connectivity index (χ1n) is 6.82.